The number of hydrogen-bond acceptors (Lipinski definition) is 3. The largest absolute Gasteiger partial charge is 0.481 e. The van der Waals surface area contributed by atoms with Gasteiger partial charge in [-0.15, -0.1) is 11.3 Å². The lowest BCUT2D eigenvalue weighted by Crippen LogP contribution is -1.98. The summed E-state index contributed by atoms with van der Waals surface area (Å²) in [5.74, 6) is 0.0121. The number of carbonyl (C=O) groups is 1. The van der Waals surface area contributed by atoms with Gasteiger partial charge >= 0.3 is 5.97 Å². The van der Waals surface area contributed by atoms with Gasteiger partial charge < -0.3 is 5.11 Å². The molecule has 4 heteroatoms. The Morgan fingerprint density at radius 1 is 1.62 bits per heavy atom. The van der Waals surface area contributed by atoms with Crippen molar-refractivity contribution < 1.29 is 9.90 Å². The van der Waals surface area contributed by atoms with Crippen LogP contribution in [-0.2, 0) is 11.2 Å². The van der Waals surface area contributed by atoms with Gasteiger partial charge in [0.05, 0.1) is 16.6 Å². The molecule has 2 rings (SSSR count). The molecule has 0 bridgehead atoms. The first-order chi connectivity index (χ1) is 7.49. The highest BCUT2D eigenvalue weighted by molar-refractivity contribution is 7.11. The lowest BCUT2D eigenvalue weighted by Gasteiger charge is -1.98. The van der Waals surface area contributed by atoms with Crippen molar-refractivity contribution in [2.24, 2.45) is 11.8 Å². The number of nitrogens with zero attached hydrogens (tertiary/aromatic N) is 1. The summed E-state index contributed by atoms with van der Waals surface area (Å²) in [6.45, 7) is 6.34. The van der Waals surface area contributed by atoms with Gasteiger partial charge in [-0.25, -0.2) is 4.98 Å². The maximum Gasteiger partial charge on any atom is 0.307 e. The Hall–Kier alpha value is -0.900. The van der Waals surface area contributed by atoms with Crippen molar-refractivity contribution in [3.8, 4) is 0 Å². The minimum atomic E-state index is -0.664. The third-order valence-corrected chi connectivity index (χ3v) is 4.22. The number of aliphatic carboxylic acids is 1. The van der Waals surface area contributed by atoms with Crippen molar-refractivity contribution in [1.29, 1.82) is 0 Å². The topological polar surface area (TPSA) is 50.2 Å². The van der Waals surface area contributed by atoms with Gasteiger partial charge in [0.15, 0.2) is 0 Å². The normalized spacial score (nSPS) is 23.8. The van der Waals surface area contributed by atoms with Gasteiger partial charge in [-0.2, -0.15) is 0 Å². The fourth-order valence-corrected chi connectivity index (χ4v) is 3.46. The SMILES string of the molecule is Cc1nc(CC(C)C)sc1C1CC1C(=O)O. The van der Waals surface area contributed by atoms with Crippen LogP contribution in [0.15, 0.2) is 0 Å². The van der Waals surface area contributed by atoms with Crippen LogP contribution in [0.2, 0.25) is 0 Å². The van der Waals surface area contributed by atoms with E-state index in [1.165, 1.54) is 4.88 Å². The van der Waals surface area contributed by atoms with Gasteiger partial charge in [0.2, 0.25) is 0 Å². The molecular weight excluding hydrogens is 222 g/mol. The zero-order valence-electron chi connectivity index (χ0n) is 9.86. The van der Waals surface area contributed by atoms with E-state index < -0.39 is 5.97 Å². The number of thiazole rings is 1. The second kappa shape index (κ2) is 4.17. The molecule has 0 aromatic carbocycles. The molecule has 1 heterocycles. The van der Waals surface area contributed by atoms with Crippen LogP contribution in [0.1, 0.15) is 41.8 Å². The van der Waals surface area contributed by atoms with Gasteiger partial charge in [0, 0.05) is 17.2 Å². The lowest BCUT2D eigenvalue weighted by atomic mass is 10.1. The van der Waals surface area contributed by atoms with Gasteiger partial charge in [0.25, 0.3) is 0 Å². The minimum absolute atomic E-state index is 0.161. The lowest BCUT2D eigenvalue weighted by molar-refractivity contribution is -0.138. The molecule has 1 aliphatic rings. The highest BCUT2D eigenvalue weighted by atomic mass is 32.1. The van der Waals surface area contributed by atoms with E-state index in [9.17, 15) is 4.79 Å². The molecule has 2 unspecified atom stereocenters. The highest BCUT2D eigenvalue weighted by Gasteiger charge is 2.46. The molecule has 0 saturated heterocycles. The average molecular weight is 239 g/mol. The van der Waals surface area contributed by atoms with Crippen molar-refractivity contribution in [3.05, 3.63) is 15.6 Å². The van der Waals surface area contributed by atoms with Gasteiger partial charge in [-0.3, -0.25) is 4.79 Å². The first kappa shape index (κ1) is 11.6. The number of carboxylic acids is 1. The molecule has 1 saturated carbocycles. The molecule has 0 aliphatic heterocycles. The van der Waals surface area contributed by atoms with E-state index in [2.05, 4.69) is 18.8 Å². The maximum absolute atomic E-state index is 10.8. The molecule has 0 radical (unpaired) electrons. The smallest absolute Gasteiger partial charge is 0.307 e. The predicted octanol–water partition coefficient (Wildman–Crippen LogP) is 2.84. The summed E-state index contributed by atoms with van der Waals surface area (Å²) in [5.41, 5.74) is 1.04. The predicted molar refractivity (Wildman–Crippen MR) is 63.9 cm³/mol. The van der Waals surface area contributed by atoms with E-state index in [-0.39, 0.29) is 11.8 Å². The van der Waals surface area contributed by atoms with E-state index in [0.717, 1.165) is 23.5 Å². The van der Waals surface area contributed by atoms with Crippen LogP contribution in [0.3, 0.4) is 0 Å². The molecule has 1 aromatic rings. The average Bonchev–Trinajstić information content (AvgIpc) is 2.85. The standard InChI is InChI=1S/C12H17NO2S/c1-6(2)4-10-13-7(3)11(16-10)8-5-9(8)12(14)15/h6,8-9H,4-5H2,1-3H3,(H,14,15). The van der Waals surface area contributed by atoms with Gasteiger partial charge in [0.1, 0.15) is 0 Å². The summed E-state index contributed by atoms with van der Waals surface area (Å²) >= 11 is 1.71. The second-order valence-corrected chi connectivity index (χ2v) is 6.06. The molecule has 88 valence electrons. The third kappa shape index (κ3) is 2.26. The fraction of sp³-hybridized carbons (Fsp3) is 0.667. The summed E-state index contributed by atoms with van der Waals surface area (Å²) in [5, 5.41) is 10.1. The van der Waals surface area contributed by atoms with E-state index in [0.29, 0.717) is 5.92 Å². The van der Waals surface area contributed by atoms with Crippen molar-refractivity contribution in [1.82, 2.24) is 4.98 Å². The van der Waals surface area contributed by atoms with Crippen LogP contribution in [0.25, 0.3) is 0 Å². The summed E-state index contributed by atoms with van der Waals surface area (Å²) in [6.07, 6.45) is 1.79. The van der Waals surface area contributed by atoms with Crippen LogP contribution < -0.4 is 0 Å². The molecule has 1 N–H and O–H groups in total. The number of rotatable bonds is 4. The van der Waals surface area contributed by atoms with Crippen molar-refractivity contribution in [2.75, 3.05) is 0 Å². The van der Waals surface area contributed by atoms with Crippen LogP contribution in [0, 0.1) is 18.8 Å². The van der Waals surface area contributed by atoms with Crippen molar-refractivity contribution >= 4 is 17.3 Å². The molecule has 2 atom stereocenters. The van der Waals surface area contributed by atoms with E-state index >= 15 is 0 Å². The molecule has 3 nitrogen and oxygen atoms in total. The first-order valence-electron chi connectivity index (χ1n) is 5.68. The molecule has 1 aromatic heterocycles. The van der Waals surface area contributed by atoms with E-state index in [1.54, 1.807) is 11.3 Å². The second-order valence-electron chi connectivity index (χ2n) is 4.94. The maximum atomic E-state index is 10.8. The van der Waals surface area contributed by atoms with Crippen molar-refractivity contribution in [2.45, 2.75) is 39.5 Å². The Labute approximate surface area is 99.5 Å². The van der Waals surface area contributed by atoms with E-state index in [1.807, 2.05) is 6.92 Å². The third-order valence-electron chi connectivity index (χ3n) is 2.90. The Kier molecular flexibility index (Phi) is 3.02. The Balaban J connectivity index is 2.11. The summed E-state index contributed by atoms with van der Waals surface area (Å²) in [7, 11) is 0. The Morgan fingerprint density at radius 2 is 2.31 bits per heavy atom. The van der Waals surface area contributed by atoms with Crippen LogP contribution in [-0.4, -0.2) is 16.1 Å². The zero-order chi connectivity index (χ0) is 11.9. The molecule has 1 fully saturated rings. The number of aryl methyl sites for hydroxylation is 1. The molecule has 16 heavy (non-hydrogen) atoms. The molecule has 0 spiro atoms. The zero-order valence-corrected chi connectivity index (χ0v) is 10.7. The summed E-state index contributed by atoms with van der Waals surface area (Å²) in [6, 6.07) is 0. The van der Waals surface area contributed by atoms with Crippen LogP contribution in [0.5, 0.6) is 0 Å². The van der Waals surface area contributed by atoms with Crippen LogP contribution in [0.4, 0.5) is 0 Å². The van der Waals surface area contributed by atoms with Gasteiger partial charge in [-0.05, 0) is 19.3 Å². The monoisotopic (exact) mass is 239 g/mol. The Morgan fingerprint density at radius 3 is 2.81 bits per heavy atom. The van der Waals surface area contributed by atoms with Crippen LogP contribution >= 0.6 is 11.3 Å². The minimum Gasteiger partial charge on any atom is -0.481 e. The van der Waals surface area contributed by atoms with Crippen molar-refractivity contribution in [3.63, 3.8) is 0 Å². The van der Waals surface area contributed by atoms with Gasteiger partial charge in [-0.1, -0.05) is 13.8 Å². The molecule has 0 amide bonds. The molecular formula is C12H17NO2S. The molecule has 1 aliphatic carbocycles. The first-order valence-corrected chi connectivity index (χ1v) is 6.49. The number of carboxylic acid groups (broad SMARTS) is 1. The highest BCUT2D eigenvalue weighted by Crippen LogP contribution is 2.50. The fourth-order valence-electron chi connectivity index (χ4n) is 2.00. The Bertz CT molecular complexity index is 411. The summed E-state index contributed by atoms with van der Waals surface area (Å²) in [4.78, 5) is 16.6. The quantitative estimate of drug-likeness (QED) is 0.879. The summed E-state index contributed by atoms with van der Waals surface area (Å²) < 4.78 is 0. The number of aromatic nitrogens is 1. The van der Waals surface area contributed by atoms with E-state index in [4.69, 9.17) is 5.11 Å². The number of hydrogen-bond donors (Lipinski definition) is 1.